The van der Waals surface area contributed by atoms with E-state index in [4.69, 9.17) is 0 Å². The van der Waals surface area contributed by atoms with Gasteiger partial charge < -0.3 is 15.0 Å². The first kappa shape index (κ1) is 22.1. The Labute approximate surface area is 171 Å². The van der Waals surface area contributed by atoms with Crippen molar-refractivity contribution in [2.45, 2.75) is 45.2 Å². The zero-order chi connectivity index (χ0) is 21.9. The number of fused-ring (bicyclic) bond motifs is 1. The van der Waals surface area contributed by atoms with Crippen molar-refractivity contribution in [2.75, 3.05) is 13.2 Å². The van der Waals surface area contributed by atoms with Crippen LogP contribution in [0.2, 0.25) is 0 Å². The minimum atomic E-state index is -4.60. The summed E-state index contributed by atoms with van der Waals surface area (Å²) >= 11 is 0. The highest BCUT2D eigenvalue weighted by Crippen LogP contribution is 2.32. The lowest BCUT2D eigenvalue weighted by atomic mass is 9.78. The number of para-hydroxylation sites is 1. The number of aryl methyl sites for hydroxylation is 1. The molecule has 0 unspecified atom stereocenters. The van der Waals surface area contributed by atoms with E-state index in [0.717, 1.165) is 23.1 Å². The van der Waals surface area contributed by atoms with E-state index >= 15 is 0 Å². The van der Waals surface area contributed by atoms with E-state index in [1.807, 2.05) is 6.92 Å². The van der Waals surface area contributed by atoms with Crippen molar-refractivity contribution in [1.29, 1.82) is 0 Å². The van der Waals surface area contributed by atoms with Gasteiger partial charge >= 0.3 is 12.1 Å². The topological polar surface area (TPSA) is 71.2 Å². The highest BCUT2D eigenvalue weighted by atomic mass is 19.4. The summed E-state index contributed by atoms with van der Waals surface area (Å²) in [7, 11) is 0. The molecule has 1 heterocycles. The van der Waals surface area contributed by atoms with E-state index in [-0.39, 0.29) is 18.3 Å². The number of amides is 1. The number of alkyl halides is 3. The second-order valence-corrected chi connectivity index (χ2v) is 7.65. The molecule has 1 saturated carbocycles. The Morgan fingerprint density at radius 2 is 1.90 bits per heavy atom. The van der Waals surface area contributed by atoms with E-state index in [1.165, 1.54) is 6.07 Å². The van der Waals surface area contributed by atoms with Crippen molar-refractivity contribution in [2.24, 2.45) is 11.8 Å². The summed E-state index contributed by atoms with van der Waals surface area (Å²) < 4.78 is 55.3. The van der Waals surface area contributed by atoms with Gasteiger partial charge in [-0.1, -0.05) is 25.0 Å². The number of aromatic nitrogens is 1. The van der Waals surface area contributed by atoms with Crippen LogP contribution in [-0.2, 0) is 20.7 Å². The van der Waals surface area contributed by atoms with Crippen LogP contribution in [0, 0.1) is 24.6 Å². The zero-order valence-electron chi connectivity index (χ0n) is 16.6. The Morgan fingerprint density at radius 1 is 1.20 bits per heavy atom. The van der Waals surface area contributed by atoms with Gasteiger partial charge in [-0.05, 0) is 37.8 Å². The molecule has 30 heavy (non-hydrogen) atoms. The lowest BCUT2D eigenvalue weighted by molar-refractivity contribution is -0.191. The molecule has 1 amide bonds. The lowest BCUT2D eigenvalue weighted by Crippen LogP contribution is -2.41. The summed E-state index contributed by atoms with van der Waals surface area (Å²) in [5.74, 6) is -3.28. The molecular formula is C21H24F4N2O3. The molecule has 164 valence electrons. The summed E-state index contributed by atoms with van der Waals surface area (Å²) in [5.41, 5.74) is 2.10. The molecule has 1 aromatic carbocycles. The molecule has 0 bridgehead atoms. The highest BCUT2D eigenvalue weighted by molar-refractivity contribution is 5.86. The van der Waals surface area contributed by atoms with Crippen LogP contribution in [0.25, 0.3) is 10.9 Å². The van der Waals surface area contributed by atoms with Crippen molar-refractivity contribution < 1.29 is 31.9 Å². The van der Waals surface area contributed by atoms with E-state index in [1.54, 1.807) is 12.1 Å². The van der Waals surface area contributed by atoms with Crippen LogP contribution in [0.15, 0.2) is 18.2 Å². The van der Waals surface area contributed by atoms with Gasteiger partial charge in [-0.3, -0.25) is 9.59 Å². The lowest BCUT2D eigenvalue weighted by Gasteiger charge is -2.29. The molecule has 2 aromatic rings. The molecule has 1 fully saturated rings. The molecule has 2 N–H and O–H groups in total. The number of aromatic amines is 1. The standard InChI is InChI=1S/C21H24F4N2O3/c1-12-13(14-7-4-8-17(22)18(14)27-12)9-10-26-19(28)15-5-2-3-6-16(15)20(29)30-11-21(23,24)25/h4,7-8,15-16,27H,2-3,5-6,9-11H2,1H3,(H,26,28)/t15-,16-/m1/s1. The van der Waals surface area contributed by atoms with Gasteiger partial charge in [-0.2, -0.15) is 13.2 Å². The van der Waals surface area contributed by atoms with E-state index in [0.29, 0.717) is 31.2 Å². The molecule has 0 spiro atoms. The van der Waals surface area contributed by atoms with E-state index in [9.17, 15) is 27.2 Å². The minimum absolute atomic E-state index is 0.268. The normalized spacial score (nSPS) is 19.6. The maximum atomic E-state index is 13.9. The van der Waals surface area contributed by atoms with Crippen LogP contribution in [0.3, 0.4) is 0 Å². The number of H-pyrrole nitrogens is 1. The Balaban J connectivity index is 1.60. The Morgan fingerprint density at radius 3 is 2.60 bits per heavy atom. The van der Waals surface area contributed by atoms with Crippen LogP contribution < -0.4 is 5.32 Å². The molecular weight excluding hydrogens is 404 g/mol. The van der Waals surface area contributed by atoms with Gasteiger partial charge in [0.1, 0.15) is 5.82 Å². The minimum Gasteiger partial charge on any atom is -0.456 e. The van der Waals surface area contributed by atoms with Gasteiger partial charge in [0, 0.05) is 17.6 Å². The molecule has 1 aromatic heterocycles. The van der Waals surface area contributed by atoms with Crippen molar-refractivity contribution in [3.63, 3.8) is 0 Å². The van der Waals surface area contributed by atoms with Gasteiger partial charge in [0.05, 0.1) is 17.4 Å². The molecule has 1 aliphatic carbocycles. The third kappa shape index (κ3) is 5.12. The van der Waals surface area contributed by atoms with Crippen LogP contribution in [0.1, 0.15) is 36.9 Å². The zero-order valence-corrected chi connectivity index (χ0v) is 16.6. The predicted octanol–water partition coefficient (Wildman–Crippen LogP) is 4.19. The number of rotatable bonds is 6. The first-order valence-electron chi connectivity index (χ1n) is 9.94. The second kappa shape index (κ2) is 9.06. The number of esters is 1. The Kier molecular flexibility index (Phi) is 6.67. The van der Waals surface area contributed by atoms with Gasteiger partial charge in [0.15, 0.2) is 6.61 Å². The van der Waals surface area contributed by atoms with Crippen LogP contribution in [0.4, 0.5) is 17.6 Å². The quantitative estimate of drug-likeness (QED) is 0.536. The van der Waals surface area contributed by atoms with Crippen molar-refractivity contribution in [1.82, 2.24) is 10.3 Å². The molecule has 5 nitrogen and oxygen atoms in total. The van der Waals surface area contributed by atoms with Crippen LogP contribution >= 0.6 is 0 Å². The number of ether oxygens (including phenoxy) is 1. The summed E-state index contributed by atoms with van der Waals surface area (Å²) in [6.07, 6.45) is -2.00. The average Bonchev–Trinajstić information content (AvgIpc) is 3.02. The first-order valence-corrected chi connectivity index (χ1v) is 9.94. The fraction of sp³-hybridized carbons (Fsp3) is 0.524. The van der Waals surface area contributed by atoms with Crippen molar-refractivity contribution in [3.05, 3.63) is 35.3 Å². The van der Waals surface area contributed by atoms with Crippen LogP contribution in [0.5, 0.6) is 0 Å². The first-order chi connectivity index (χ1) is 14.2. The maximum Gasteiger partial charge on any atom is 0.422 e. The van der Waals surface area contributed by atoms with Gasteiger partial charge in [-0.25, -0.2) is 4.39 Å². The molecule has 0 saturated heterocycles. The average molecular weight is 428 g/mol. The number of hydrogen-bond acceptors (Lipinski definition) is 3. The number of benzene rings is 1. The monoisotopic (exact) mass is 428 g/mol. The SMILES string of the molecule is Cc1[nH]c2c(F)cccc2c1CCNC(=O)[C@@H]1CCCC[C@H]1C(=O)OCC(F)(F)F. The largest absolute Gasteiger partial charge is 0.456 e. The van der Waals surface area contributed by atoms with Crippen molar-refractivity contribution in [3.8, 4) is 0 Å². The second-order valence-electron chi connectivity index (χ2n) is 7.65. The fourth-order valence-corrected chi connectivity index (χ4v) is 4.12. The number of carbonyl (C=O) groups excluding carboxylic acids is 2. The molecule has 9 heteroatoms. The highest BCUT2D eigenvalue weighted by Gasteiger charge is 2.38. The number of hydrogen-bond donors (Lipinski definition) is 2. The Hall–Kier alpha value is -2.58. The molecule has 1 aliphatic rings. The summed E-state index contributed by atoms with van der Waals surface area (Å²) in [5, 5.41) is 3.52. The van der Waals surface area contributed by atoms with E-state index < -0.39 is 30.6 Å². The van der Waals surface area contributed by atoms with Gasteiger partial charge in [-0.15, -0.1) is 0 Å². The number of halogens is 4. The predicted molar refractivity (Wildman–Crippen MR) is 102 cm³/mol. The smallest absolute Gasteiger partial charge is 0.422 e. The molecule has 2 atom stereocenters. The third-order valence-corrected chi connectivity index (χ3v) is 5.56. The summed E-state index contributed by atoms with van der Waals surface area (Å²) in [6, 6.07) is 4.78. The van der Waals surface area contributed by atoms with Gasteiger partial charge in [0.25, 0.3) is 0 Å². The van der Waals surface area contributed by atoms with Gasteiger partial charge in [0.2, 0.25) is 5.91 Å². The third-order valence-electron chi connectivity index (χ3n) is 5.56. The Bertz CT molecular complexity index is 923. The van der Waals surface area contributed by atoms with E-state index in [2.05, 4.69) is 15.0 Å². The molecule has 3 rings (SSSR count). The maximum absolute atomic E-state index is 13.9. The summed E-state index contributed by atoms with van der Waals surface area (Å²) in [4.78, 5) is 27.7. The summed E-state index contributed by atoms with van der Waals surface area (Å²) in [6.45, 7) is 0.446. The number of carbonyl (C=O) groups is 2. The van der Waals surface area contributed by atoms with Crippen molar-refractivity contribution >= 4 is 22.8 Å². The van der Waals surface area contributed by atoms with Crippen LogP contribution in [-0.4, -0.2) is 36.2 Å². The molecule has 0 aliphatic heterocycles. The number of nitrogens with one attached hydrogen (secondary N) is 2. The molecule has 0 radical (unpaired) electrons. The fourth-order valence-electron chi connectivity index (χ4n) is 4.12.